The minimum atomic E-state index is -0.0899. The van der Waals surface area contributed by atoms with E-state index in [2.05, 4.69) is 30.4 Å². The molecule has 23 heavy (non-hydrogen) atoms. The predicted molar refractivity (Wildman–Crippen MR) is 89.8 cm³/mol. The molecule has 0 spiro atoms. The summed E-state index contributed by atoms with van der Waals surface area (Å²) < 4.78 is 0. The lowest BCUT2D eigenvalue weighted by molar-refractivity contribution is 0.206. The third-order valence-electron chi connectivity index (χ3n) is 4.22. The Morgan fingerprint density at radius 3 is 2.52 bits per heavy atom. The van der Waals surface area contributed by atoms with Gasteiger partial charge in [-0.05, 0) is 42.2 Å². The van der Waals surface area contributed by atoms with E-state index < -0.39 is 0 Å². The van der Waals surface area contributed by atoms with Gasteiger partial charge in [-0.2, -0.15) is 5.26 Å². The average Bonchev–Trinajstić information content (AvgIpc) is 2.98. The van der Waals surface area contributed by atoms with E-state index in [1.165, 1.54) is 5.56 Å². The molecule has 0 radical (unpaired) electrons. The molecule has 2 atom stereocenters. The van der Waals surface area contributed by atoms with Crippen LogP contribution in [-0.2, 0) is 0 Å². The van der Waals surface area contributed by atoms with E-state index in [1.807, 2.05) is 23.1 Å². The topological polar surface area (TPSA) is 56.1 Å². The van der Waals surface area contributed by atoms with Crippen molar-refractivity contribution in [2.75, 3.05) is 11.9 Å². The number of benzene rings is 2. The Labute approximate surface area is 136 Å². The number of hydrogen-bond acceptors (Lipinski definition) is 2. The average molecular weight is 305 g/mol. The van der Waals surface area contributed by atoms with E-state index in [9.17, 15) is 4.79 Å². The van der Waals surface area contributed by atoms with E-state index in [0.29, 0.717) is 17.2 Å². The van der Waals surface area contributed by atoms with Gasteiger partial charge in [0, 0.05) is 12.2 Å². The van der Waals surface area contributed by atoms with Gasteiger partial charge in [0.1, 0.15) is 0 Å². The maximum Gasteiger partial charge on any atom is 0.322 e. The van der Waals surface area contributed by atoms with Gasteiger partial charge in [0.15, 0.2) is 0 Å². The first-order chi connectivity index (χ1) is 11.2. The summed E-state index contributed by atoms with van der Waals surface area (Å²) in [4.78, 5) is 14.5. The number of nitrogens with one attached hydrogen (secondary N) is 1. The van der Waals surface area contributed by atoms with Gasteiger partial charge in [-0.15, -0.1) is 0 Å². The van der Waals surface area contributed by atoms with Gasteiger partial charge >= 0.3 is 6.03 Å². The smallest absolute Gasteiger partial charge is 0.317 e. The van der Waals surface area contributed by atoms with E-state index in [4.69, 9.17) is 5.26 Å². The first kappa shape index (κ1) is 15.1. The molecule has 3 rings (SSSR count). The summed E-state index contributed by atoms with van der Waals surface area (Å²) in [5.41, 5.74) is 2.46. The van der Waals surface area contributed by atoms with E-state index >= 15 is 0 Å². The van der Waals surface area contributed by atoms with Crippen LogP contribution in [0.1, 0.15) is 30.5 Å². The van der Waals surface area contributed by atoms with E-state index in [0.717, 1.165) is 13.0 Å². The molecule has 1 aliphatic rings. The number of rotatable bonds is 2. The lowest BCUT2D eigenvalue weighted by Crippen LogP contribution is -2.34. The number of amides is 2. The summed E-state index contributed by atoms with van der Waals surface area (Å²) in [5, 5.41) is 11.8. The molecule has 1 saturated heterocycles. The Balaban J connectivity index is 1.75. The number of likely N-dealkylation sites (tertiary alicyclic amines) is 1. The highest BCUT2D eigenvalue weighted by atomic mass is 16.2. The van der Waals surface area contributed by atoms with Crippen molar-refractivity contribution in [2.45, 2.75) is 19.4 Å². The zero-order valence-electron chi connectivity index (χ0n) is 13.1. The Bertz CT molecular complexity index is 719. The van der Waals surface area contributed by atoms with Crippen LogP contribution in [-0.4, -0.2) is 17.5 Å². The molecule has 2 aromatic rings. The first-order valence-electron chi connectivity index (χ1n) is 7.80. The molecule has 2 aromatic carbocycles. The van der Waals surface area contributed by atoms with Crippen molar-refractivity contribution in [1.29, 1.82) is 5.26 Å². The standard InChI is InChI=1S/C19H19N3O/c1-14-11-18(16-5-3-2-4-6-16)22(13-14)19(23)21-17-9-7-15(12-20)8-10-17/h2-10,14,18H,11,13H2,1H3,(H,21,23)/t14?,18-/m0/s1. The van der Waals surface area contributed by atoms with Crippen LogP contribution >= 0.6 is 0 Å². The van der Waals surface area contributed by atoms with Gasteiger partial charge in [-0.3, -0.25) is 0 Å². The summed E-state index contributed by atoms with van der Waals surface area (Å²) in [5.74, 6) is 0.479. The second-order valence-corrected chi connectivity index (χ2v) is 6.04. The lowest BCUT2D eigenvalue weighted by Gasteiger charge is -2.25. The molecular formula is C19H19N3O. The number of hydrogen-bond donors (Lipinski definition) is 1. The molecule has 4 heteroatoms. The van der Waals surface area contributed by atoms with Crippen molar-refractivity contribution < 1.29 is 4.79 Å². The molecule has 0 bridgehead atoms. The normalized spacial score (nSPS) is 20.1. The van der Waals surface area contributed by atoms with Crippen LogP contribution < -0.4 is 5.32 Å². The second-order valence-electron chi connectivity index (χ2n) is 6.04. The van der Waals surface area contributed by atoms with Crippen molar-refractivity contribution in [2.24, 2.45) is 5.92 Å². The molecule has 1 unspecified atom stereocenters. The molecule has 1 fully saturated rings. The highest BCUT2D eigenvalue weighted by Crippen LogP contribution is 2.35. The van der Waals surface area contributed by atoms with Crippen molar-refractivity contribution in [3.05, 3.63) is 65.7 Å². The fourth-order valence-electron chi connectivity index (χ4n) is 3.08. The largest absolute Gasteiger partial charge is 0.322 e. The highest BCUT2D eigenvalue weighted by Gasteiger charge is 2.34. The number of carbonyl (C=O) groups excluding carboxylic acids is 1. The molecule has 0 aromatic heterocycles. The highest BCUT2D eigenvalue weighted by molar-refractivity contribution is 5.89. The molecular weight excluding hydrogens is 286 g/mol. The monoisotopic (exact) mass is 305 g/mol. The number of carbonyl (C=O) groups is 1. The van der Waals surface area contributed by atoms with Crippen LogP contribution in [0.15, 0.2) is 54.6 Å². The minimum Gasteiger partial charge on any atom is -0.317 e. The Hall–Kier alpha value is -2.80. The van der Waals surface area contributed by atoms with Gasteiger partial charge in [0.2, 0.25) is 0 Å². The van der Waals surface area contributed by atoms with Crippen LogP contribution in [0.25, 0.3) is 0 Å². The lowest BCUT2D eigenvalue weighted by atomic mass is 10.0. The van der Waals surface area contributed by atoms with Crippen molar-refractivity contribution in [3.8, 4) is 6.07 Å². The molecule has 2 amide bonds. The minimum absolute atomic E-state index is 0.0899. The number of anilines is 1. The summed E-state index contributed by atoms with van der Waals surface area (Å²) >= 11 is 0. The maximum absolute atomic E-state index is 12.6. The third-order valence-corrected chi connectivity index (χ3v) is 4.22. The van der Waals surface area contributed by atoms with Crippen LogP contribution in [0.5, 0.6) is 0 Å². The Morgan fingerprint density at radius 2 is 1.87 bits per heavy atom. The molecule has 0 saturated carbocycles. The van der Waals surface area contributed by atoms with Crippen LogP contribution in [0.3, 0.4) is 0 Å². The summed E-state index contributed by atoms with van der Waals surface area (Å²) in [7, 11) is 0. The molecule has 116 valence electrons. The fraction of sp³-hybridized carbons (Fsp3) is 0.263. The molecule has 1 heterocycles. The summed E-state index contributed by atoms with van der Waals surface area (Å²) in [6.45, 7) is 2.92. The second kappa shape index (κ2) is 6.53. The van der Waals surface area contributed by atoms with Gasteiger partial charge in [0.25, 0.3) is 0 Å². The quantitative estimate of drug-likeness (QED) is 0.905. The van der Waals surface area contributed by atoms with Crippen molar-refractivity contribution in [3.63, 3.8) is 0 Å². The Kier molecular flexibility index (Phi) is 4.29. The molecule has 1 aliphatic heterocycles. The third kappa shape index (κ3) is 3.35. The predicted octanol–water partition coefficient (Wildman–Crippen LogP) is 4.17. The van der Waals surface area contributed by atoms with Crippen molar-refractivity contribution >= 4 is 11.7 Å². The number of nitriles is 1. The van der Waals surface area contributed by atoms with Gasteiger partial charge in [-0.25, -0.2) is 4.79 Å². The van der Waals surface area contributed by atoms with Gasteiger partial charge in [-0.1, -0.05) is 37.3 Å². The first-order valence-corrected chi connectivity index (χ1v) is 7.80. The number of nitrogens with zero attached hydrogens (tertiary/aromatic N) is 2. The number of urea groups is 1. The zero-order chi connectivity index (χ0) is 16.2. The van der Waals surface area contributed by atoms with Gasteiger partial charge < -0.3 is 10.2 Å². The zero-order valence-corrected chi connectivity index (χ0v) is 13.1. The molecule has 1 N–H and O–H groups in total. The van der Waals surface area contributed by atoms with E-state index in [1.54, 1.807) is 24.3 Å². The molecule has 4 nitrogen and oxygen atoms in total. The van der Waals surface area contributed by atoms with Crippen LogP contribution in [0.4, 0.5) is 10.5 Å². The SMILES string of the molecule is CC1C[C@@H](c2ccccc2)N(C(=O)Nc2ccc(C#N)cc2)C1. The summed E-state index contributed by atoms with van der Waals surface area (Å²) in [6.07, 6.45) is 0.977. The fourth-order valence-corrected chi connectivity index (χ4v) is 3.08. The van der Waals surface area contributed by atoms with E-state index in [-0.39, 0.29) is 12.1 Å². The Morgan fingerprint density at radius 1 is 1.17 bits per heavy atom. The van der Waals surface area contributed by atoms with Gasteiger partial charge in [0.05, 0.1) is 17.7 Å². The summed E-state index contributed by atoms with van der Waals surface area (Å²) in [6, 6.07) is 19.2. The maximum atomic E-state index is 12.6. The van der Waals surface area contributed by atoms with Crippen LogP contribution in [0.2, 0.25) is 0 Å². The van der Waals surface area contributed by atoms with Crippen molar-refractivity contribution in [1.82, 2.24) is 4.90 Å². The molecule has 0 aliphatic carbocycles. The van der Waals surface area contributed by atoms with Crippen LogP contribution in [0, 0.1) is 17.2 Å².